The van der Waals surface area contributed by atoms with E-state index < -0.39 is 0 Å². The van der Waals surface area contributed by atoms with Crippen LogP contribution >= 0.6 is 0 Å². The predicted octanol–water partition coefficient (Wildman–Crippen LogP) is 2.36. The van der Waals surface area contributed by atoms with Crippen LogP contribution < -0.4 is 10.1 Å². The van der Waals surface area contributed by atoms with E-state index in [-0.39, 0.29) is 0 Å². The number of nitrogens with one attached hydrogen (secondary N) is 1. The zero-order valence-corrected chi connectivity index (χ0v) is 12.3. The smallest absolute Gasteiger partial charge is 0.254 e. The van der Waals surface area contributed by atoms with Crippen molar-refractivity contribution in [2.75, 3.05) is 12.4 Å². The van der Waals surface area contributed by atoms with Gasteiger partial charge in [-0.1, -0.05) is 12.1 Å². The highest BCUT2D eigenvalue weighted by Crippen LogP contribution is 2.19. The van der Waals surface area contributed by atoms with Gasteiger partial charge in [-0.3, -0.25) is 0 Å². The van der Waals surface area contributed by atoms with Crippen LogP contribution in [0.5, 0.6) is 5.75 Å². The summed E-state index contributed by atoms with van der Waals surface area (Å²) in [5, 5.41) is 7.64. The van der Waals surface area contributed by atoms with Crippen molar-refractivity contribution in [3.8, 4) is 5.75 Å². The first-order chi connectivity index (χ1) is 10.2. The van der Waals surface area contributed by atoms with E-state index in [1.807, 2.05) is 38.1 Å². The number of aryl methyl sites for hydroxylation is 1. The van der Waals surface area contributed by atoms with Crippen molar-refractivity contribution < 1.29 is 4.74 Å². The van der Waals surface area contributed by atoms with Crippen LogP contribution in [0.2, 0.25) is 0 Å². The Morgan fingerprint density at radius 3 is 2.67 bits per heavy atom. The summed E-state index contributed by atoms with van der Waals surface area (Å²) in [4.78, 5) is 8.55. The number of hydrogen-bond donors (Lipinski definition) is 1. The molecular weight excluding hydrogens is 266 g/mol. The van der Waals surface area contributed by atoms with E-state index in [1.165, 1.54) is 6.33 Å². The van der Waals surface area contributed by atoms with E-state index in [2.05, 4.69) is 20.4 Å². The number of nitrogens with zero attached hydrogens (tertiary/aromatic N) is 4. The fourth-order valence-corrected chi connectivity index (χ4v) is 2.17. The molecule has 6 nitrogen and oxygen atoms in total. The second kappa shape index (κ2) is 5.40. The van der Waals surface area contributed by atoms with E-state index in [9.17, 15) is 0 Å². The first-order valence-electron chi connectivity index (χ1n) is 6.73. The molecule has 108 valence electrons. The van der Waals surface area contributed by atoms with E-state index in [0.29, 0.717) is 12.3 Å². The third kappa shape index (κ3) is 2.52. The van der Waals surface area contributed by atoms with Crippen molar-refractivity contribution in [2.45, 2.75) is 20.4 Å². The SMILES string of the molecule is COc1ccc(CNc2c(C)c(C)nc3ncnn23)cc1. The average Bonchev–Trinajstić information content (AvgIpc) is 2.96. The molecule has 2 aromatic heterocycles. The van der Waals surface area contributed by atoms with Crippen LogP contribution in [0.25, 0.3) is 5.78 Å². The van der Waals surface area contributed by atoms with Crippen molar-refractivity contribution in [3.63, 3.8) is 0 Å². The Bertz CT molecular complexity index is 764. The van der Waals surface area contributed by atoms with Gasteiger partial charge in [0.05, 0.1) is 7.11 Å². The van der Waals surface area contributed by atoms with Crippen molar-refractivity contribution in [1.29, 1.82) is 0 Å². The van der Waals surface area contributed by atoms with Gasteiger partial charge >= 0.3 is 0 Å². The standard InChI is InChI=1S/C15H17N5O/c1-10-11(2)19-15-17-9-18-20(15)14(10)16-8-12-4-6-13(21-3)7-5-12/h4-7,9,16H,8H2,1-3H3. The molecule has 2 heterocycles. The van der Waals surface area contributed by atoms with Gasteiger partial charge < -0.3 is 10.1 Å². The lowest BCUT2D eigenvalue weighted by Crippen LogP contribution is -2.09. The molecule has 6 heteroatoms. The Labute approximate surface area is 122 Å². The Morgan fingerprint density at radius 2 is 1.95 bits per heavy atom. The fraction of sp³-hybridized carbons (Fsp3) is 0.267. The molecule has 0 aliphatic rings. The Balaban J connectivity index is 1.87. The highest BCUT2D eigenvalue weighted by atomic mass is 16.5. The van der Waals surface area contributed by atoms with Crippen molar-refractivity contribution in [2.24, 2.45) is 0 Å². The van der Waals surface area contributed by atoms with E-state index in [4.69, 9.17) is 4.74 Å². The number of ether oxygens (including phenoxy) is 1. The highest BCUT2D eigenvalue weighted by molar-refractivity contribution is 5.52. The fourth-order valence-electron chi connectivity index (χ4n) is 2.17. The molecule has 0 amide bonds. The molecular formula is C15H17N5O. The summed E-state index contributed by atoms with van der Waals surface area (Å²) in [5.41, 5.74) is 3.19. The van der Waals surface area contributed by atoms with Crippen LogP contribution in [0.15, 0.2) is 30.6 Å². The normalized spacial score (nSPS) is 10.8. The molecule has 0 fully saturated rings. The van der Waals surface area contributed by atoms with Gasteiger partial charge in [-0.25, -0.2) is 4.98 Å². The van der Waals surface area contributed by atoms with Gasteiger partial charge in [-0.2, -0.15) is 14.6 Å². The van der Waals surface area contributed by atoms with Crippen LogP contribution in [0.4, 0.5) is 5.82 Å². The van der Waals surface area contributed by atoms with Crippen molar-refractivity contribution >= 4 is 11.6 Å². The molecule has 1 aromatic carbocycles. The molecule has 3 aromatic rings. The topological polar surface area (TPSA) is 64.3 Å². The second-order valence-corrected chi connectivity index (χ2v) is 4.84. The van der Waals surface area contributed by atoms with E-state index in [1.54, 1.807) is 11.6 Å². The van der Waals surface area contributed by atoms with Crippen LogP contribution in [0.1, 0.15) is 16.8 Å². The van der Waals surface area contributed by atoms with Gasteiger partial charge in [-0.05, 0) is 31.5 Å². The number of benzene rings is 1. The Kier molecular flexibility index (Phi) is 3.43. The number of fused-ring (bicyclic) bond motifs is 1. The van der Waals surface area contributed by atoms with Crippen molar-refractivity contribution in [1.82, 2.24) is 19.6 Å². The number of hydrogen-bond acceptors (Lipinski definition) is 5. The van der Waals surface area contributed by atoms with Crippen LogP contribution in [-0.2, 0) is 6.54 Å². The average molecular weight is 283 g/mol. The minimum Gasteiger partial charge on any atom is -0.497 e. The molecule has 3 rings (SSSR count). The molecule has 21 heavy (non-hydrogen) atoms. The Hall–Kier alpha value is -2.63. The minimum absolute atomic E-state index is 0.607. The lowest BCUT2D eigenvalue weighted by Gasteiger charge is -2.12. The summed E-state index contributed by atoms with van der Waals surface area (Å²) in [7, 11) is 1.66. The van der Waals surface area contributed by atoms with E-state index >= 15 is 0 Å². The summed E-state index contributed by atoms with van der Waals surface area (Å²) in [6.07, 6.45) is 1.51. The summed E-state index contributed by atoms with van der Waals surface area (Å²) in [6.45, 7) is 4.70. The second-order valence-electron chi connectivity index (χ2n) is 4.84. The van der Waals surface area contributed by atoms with Crippen LogP contribution in [0.3, 0.4) is 0 Å². The Morgan fingerprint density at radius 1 is 1.19 bits per heavy atom. The van der Waals surface area contributed by atoms with Crippen molar-refractivity contribution in [3.05, 3.63) is 47.4 Å². The summed E-state index contributed by atoms with van der Waals surface area (Å²) < 4.78 is 6.89. The maximum atomic E-state index is 5.16. The first kappa shape index (κ1) is 13.4. The zero-order chi connectivity index (χ0) is 14.8. The van der Waals surface area contributed by atoms with Crippen LogP contribution in [-0.4, -0.2) is 26.7 Å². The van der Waals surface area contributed by atoms with Gasteiger partial charge in [0.15, 0.2) is 0 Å². The highest BCUT2D eigenvalue weighted by Gasteiger charge is 2.10. The summed E-state index contributed by atoms with van der Waals surface area (Å²) in [5.74, 6) is 2.38. The molecule has 0 aliphatic carbocycles. The first-order valence-corrected chi connectivity index (χ1v) is 6.73. The molecule has 0 radical (unpaired) electrons. The summed E-state index contributed by atoms with van der Waals surface area (Å²) >= 11 is 0. The lowest BCUT2D eigenvalue weighted by atomic mass is 10.2. The molecule has 1 N–H and O–H groups in total. The van der Waals surface area contributed by atoms with Crippen LogP contribution in [0, 0.1) is 13.8 Å². The molecule has 0 spiro atoms. The molecule has 0 bridgehead atoms. The number of anilines is 1. The quantitative estimate of drug-likeness (QED) is 0.796. The predicted molar refractivity (Wildman–Crippen MR) is 80.6 cm³/mol. The largest absolute Gasteiger partial charge is 0.497 e. The minimum atomic E-state index is 0.607. The van der Waals surface area contributed by atoms with Gasteiger partial charge in [-0.15, -0.1) is 0 Å². The molecule has 0 saturated heterocycles. The third-order valence-electron chi connectivity index (χ3n) is 3.53. The monoisotopic (exact) mass is 283 g/mol. The molecule has 0 aliphatic heterocycles. The van der Waals surface area contributed by atoms with Gasteiger partial charge in [0.25, 0.3) is 5.78 Å². The molecule has 0 unspecified atom stereocenters. The van der Waals surface area contributed by atoms with Gasteiger partial charge in [0.1, 0.15) is 17.9 Å². The zero-order valence-electron chi connectivity index (χ0n) is 12.3. The number of methoxy groups -OCH3 is 1. The maximum absolute atomic E-state index is 5.16. The van der Waals surface area contributed by atoms with E-state index in [0.717, 1.165) is 28.4 Å². The lowest BCUT2D eigenvalue weighted by molar-refractivity contribution is 0.414. The molecule has 0 atom stereocenters. The number of aromatic nitrogens is 4. The maximum Gasteiger partial charge on any atom is 0.254 e. The third-order valence-corrected chi connectivity index (χ3v) is 3.53. The number of rotatable bonds is 4. The van der Waals surface area contributed by atoms with Gasteiger partial charge in [0, 0.05) is 17.8 Å². The summed E-state index contributed by atoms with van der Waals surface area (Å²) in [6, 6.07) is 7.97. The molecule has 0 saturated carbocycles. The van der Waals surface area contributed by atoms with Gasteiger partial charge in [0.2, 0.25) is 0 Å².